The quantitative estimate of drug-likeness (QED) is 0.564. The molecule has 0 N–H and O–H groups in total. The molecule has 2 aromatic rings. The maximum atomic E-state index is 13.0. The van der Waals surface area contributed by atoms with Crippen molar-refractivity contribution in [3.8, 4) is 16.9 Å². The van der Waals surface area contributed by atoms with Gasteiger partial charge < -0.3 is 4.74 Å². The number of hydrogen-bond acceptors (Lipinski definition) is 1. The maximum absolute atomic E-state index is 13.0. The number of ether oxygens (including phenoxy) is 1. The number of unbranched alkanes of at least 4 members (excludes halogenated alkanes) is 1. The first-order chi connectivity index (χ1) is 11.2. The lowest BCUT2D eigenvalue weighted by Crippen LogP contribution is -2.41. The van der Waals surface area contributed by atoms with E-state index < -0.39 is 18.0 Å². The molecule has 24 heavy (non-hydrogen) atoms. The van der Waals surface area contributed by atoms with Gasteiger partial charge in [0.15, 0.2) is 0 Å². The first-order valence-electron chi connectivity index (χ1n) is 7.56. The summed E-state index contributed by atoms with van der Waals surface area (Å²) in [6, 6.07) is 12.7. The molecule has 0 aromatic heterocycles. The predicted octanol–water partition coefficient (Wildman–Crippen LogP) is 6.23. The summed E-state index contributed by atoms with van der Waals surface area (Å²) in [6.45, 7) is 2.05. The van der Waals surface area contributed by atoms with Crippen LogP contribution in [0.2, 0.25) is 0 Å². The Morgan fingerprint density at radius 1 is 0.917 bits per heavy atom. The van der Waals surface area contributed by atoms with Crippen molar-refractivity contribution >= 4 is 0 Å². The summed E-state index contributed by atoms with van der Waals surface area (Å²) >= 11 is 0. The van der Waals surface area contributed by atoms with E-state index in [1.807, 2.05) is 18.2 Å². The third-order valence-electron chi connectivity index (χ3n) is 3.54. The lowest BCUT2D eigenvalue weighted by Gasteiger charge is -2.20. The Morgan fingerprint density at radius 3 is 2.29 bits per heavy atom. The van der Waals surface area contributed by atoms with Crippen molar-refractivity contribution < 1.29 is 26.7 Å². The van der Waals surface area contributed by atoms with Gasteiger partial charge in [0.05, 0.1) is 0 Å². The average molecular weight is 344 g/mol. The van der Waals surface area contributed by atoms with Crippen LogP contribution in [0.15, 0.2) is 48.5 Å². The summed E-state index contributed by atoms with van der Waals surface area (Å²) in [5, 5.41) is 0. The van der Waals surface area contributed by atoms with Gasteiger partial charge in [0.1, 0.15) is 5.75 Å². The number of alkyl halides is 5. The molecule has 0 aliphatic heterocycles. The SMILES string of the molecule is CCCCc1ccccc1-c1cccc(OC(F)(F)C(F)(F)F)c1. The summed E-state index contributed by atoms with van der Waals surface area (Å²) in [5.74, 6) is -0.528. The van der Waals surface area contributed by atoms with Crippen LogP contribution in [0.3, 0.4) is 0 Å². The Kier molecular flexibility index (Phi) is 5.47. The Balaban J connectivity index is 2.32. The van der Waals surface area contributed by atoms with Crippen LogP contribution < -0.4 is 4.74 Å². The second kappa shape index (κ2) is 7.20. The van der Waals surface area contributed by atoms with E-state index in [2.05, 4.69) is 11.7 Å². The zero-order valence-corrected chi connectivity index (χ0v) is 13.0. The Hall–Kier alpha value is -2.11. The minimum Gasteiger partial charge on any atom is -0.426 e. The van der Waals surface area contributed by atoms with E-state index in [9.17, 15) is 22.0 Å². The summed E-state index contributed by atoms with van der Waals surface area (Å²) in [6.07, 6.45) is -8.24. The lowest BCUT2D eigenvalue weighted by molar-refractivity contribution is -0.360. The summed E-state index contributed by atoms with van der Waals surface area (Å²) in [4.78, 5) is 0. The van der Waals surface area contributed by atoms with Crippen LogP contribution >= 0.6 is 0 Å². The van der Waals surface area contributed by atoms with Gasteiger partial charge >= 0.3 is 12.3 Å². The molecule has 0 spiro atoms. The summed E-state index contributed by atoms with van der Waals surface area (Å²) < 4.78 is 66.8. The smallest absolute Gasteiger partial charge is 0.426 e. The molecule has 1 nitrogen and oxygen atoms in total. The molecule has 6 heteroatoms. The van der Waals surface area contributed by atoms with Gasteiger partial charge in [-0.1, -0.05) is 49.7 Å². The average Bonchev–Trinajstić information content (AvgIpc) is 2.52. The Bertz CT molecular complexity index is 679. The van der Waals surface area contributed by atoms with Crippen molar-refractivity contribution in [1.29, 1.82) is 0 Å². The van der Waals surface area contributed by atoms with Crippen molar-refractivity contribution in [2.75, 3.05) is 0 Å². The van der Waals surface area contributed by atoms with E-state index >= 15 is 0 Å². The highest BCUT2D eigenvalue weighted by molar-refractivity contribution is 5.68. The van der Waals surface area contributed by atoms with Crippen molar-refractivity contribution in [2.24, 2.45) is 0 Å². The van der Waals surface area contributed by atoms with Crippen LogP contribution in [0, 0.1) is 0 Å². The number of rotatable bonds is 6. The first kappa shape index (κ1) is 18.2. The molecule has 0 fully saturated rings. The van der Waals surface area contributed by atoms with Gasteiger partial charge in [-0.2, -0.15) is 22.0 Å². The van der Waals surface area contributed by atoms with Crippen LogP contribution in [0.5, 0.6) is 5.75 Å². The fourth-order valence-corrected chi connectivity index (χ4v) is 2.32. The van der Waals surface area contributed by atoms with Gasteiger partial charge in [0, 0.05) is 0 Å². The molecule has 0 unspecified atom stereocenters. The second-order valence-electron chi connectivity index (χ2n) is 5.41. The lowest BCUT2D eigenvalue weighted by atomic mass is 9.96. The topological polar surface area (TPSA) is 9.23 Å². The molecule has 2 aromatic carbocycles. The Morgan fingerprint density at radius 2 is 1.62 bits per heavy atom. The number of hydrogen-bond donors (Lipinski definition) is 0. The van der Waals surface area contributed by atoms with Crippen molar-refractivity contribution in [2.45, 2.75) is 38.5 Å². The number of halogens is 5. The predicted molar refractivity (Wildman–Crippen MR) is 82.1 cm³/mol. The van der Waals surface area contributed by atoms with Crippen molar-refractivity contribution in [3.63, 3.8) is 0 Å². The van der Waals surface area contributed by atoms with Crippen LogP contribution in [0.25, 0.3) is 11.1 Å². The molecule has 0 bridgehead atoms. The van der Waals surface area contributed by atoms with E-state index in [1.54, 1.807) is 12.1 Å². The van der Waals surface area contributed by atoms with E-state index in [0.717, 1.165) is 36.5 Å². The van der Waals surface area contributed by atoms with Crippen LogP contribution in [-0.4, -0.2) is 12.3 Å². The van der Waals surface area contributed by atoms with Gasteiger partial charge in [-0.25, -0.2) is 0 Å². The normalized spacial score (nSPS) is 12.2. The van der Waals surface area contributed by atoms with Gasteiger partial charge in [-0.3, -0.25) is 0 Å². The molecule has 0 aliphatic carbocycles. The van der Waals surface area contributed by atoms with Crippen molar-refractivity contribution in [1.82, 2.24) is 0 Å². The molecule has 0 aliphatic rings. The third-order valence-corrected chi connectivity index (χ3v) is 3.54. The highest BCUT2D eigenvalue weighted by atomic mass is 19.4. The van der Waals surface area contributed by atoms with Crippen LogP contribution in [-0.2, 0) is 6.42 Å². The van der Waals surface area contributed by atoms with Crippen molar-refractivity contribution in [3.05, 3.63) is 54.1 Å². The molecule has 0 amide bonds. The van der Waals surface area contributed by atoms with Gasteiger partial charge in [0.2, 0.25) is 0 Å². The molecular formula is C18H17F5O. The molecule has 130 valence electrons. The van der Waals surface area contributed by atoms with Gasteiger partial charge in [0.25, 0.3) is 0 Å². The number of aryl methyl sites for hydroxylation is 1. The fourth-order valence-electron chi connectivity index (χ4n) is 2.32. The maximum Gasteiger partial charge on any atom is 0.499 e. The highest BCUT2D eigenvalue weighted by Crippen LogP contribution is 2.38. The zero-order chi connectivity index (χ0) is 17.8. The molecule has 0 heterocycles. The Labute approximate surface area is 137 Å². The van der Waals surface area contributed by atoms with Crippen LogP contribution in [0.4, 0.5) is 22.0 Å². The summed E-state index contributed by atoms with van der Waals surface area (Å²) in [5.41, 5.74) is 2.35. The summed E-state index contributed by atoms with van der Waals surface area (Å²) in [7, 11) is 0. The standard InChI is InChI=1S/C18H17F5O/c1-2-3-7-13-8-4-5-11-16(13)14-9-6-10-15(12-14)24-18(22,23)17(19,20)21/h4-6,8-12H,2-3,7H2,1H3. The molecule has 0 atom stereocenters. The fraction of sp³-hybridized carbons (Fsp3) is 0.333. The first-order valence-corrected chi connectivity index (χ1v) is 7.56. The second-order valence-corrected chi connectivity index (χ2v) is 5.41. The zero-order valence-electron chi connectivity index (χ0n) is 13.0. The van der Waals surface area contributed by atoms with E-state index in [1.165, 1.54) is 12.1 Å². The van der Waals surface area contributed by atoms with Gasteiger partial charge in [-0.05, 0) is 41.7 Å². The molecule has 2 rings (SSSR count). The van der Waals surface area contributed by atoms with E-state index in [0.29, 0.717) is 5.56 Å². The monoisotopic (exact) mass is 344 g/mol. The molecule has 0 saturated heterocycles. The van der Waals surface area contributed by atoms with E-state index in [-0.39, 0.29) is 0 Å². The minimum atomic E-state index is -5.76. The number of benzene rings is 2. The highest BCUT2D eigenvalue weighted by Gasteiger charge is 2.61. The van der Waals surface area contributed by atoms with Gasteiger partial charge in [-0.15, -0.1) is 0 Å². The third kappa shape index (κ3) is 4.24. The molecular weight excluding hydrogens is 327 g/mol. The minimum absolute atomic E-state index is 0.528. The van der Waals surface area contributed by atoms with Crippen LogP contribution in [0.1, 0.15) is 25.3 Å². The largest absolute Gasteiger partial charge is 0.499 e. The molecule has 0 radical (unpaired) electrons. The van der Waals surface area contributed by atoms with E-state index in [4.69, 9.17) is 0 Å². The molecule has 0 saturated carbocycles.